The van der Waals surface area contributed by atoms with E-state index in [1.165, 1.54) is 17.7 Å². The van der Waals surface area contributed by atoms with E-state index in [9.17, 15) is 0 Å². The summed E-state index contributed by atoms with van der Waals surface area (Å²) in [6, 6.07) is 6.14. The Kier molecular flexibility index (Phi) is 3.49. The van der Waals surface area contributed by atoms with Gasteiger partial charge in [-0.1, -0.05) is 17.7 Å². The van der Waals surface area contributed by atoms with Crippen LogP contribution in [0.25, 0.3) is 0 Å². The number of halogens is 1. The van der Waals surface area contributed by atoms with E-state index >= 15 is 0 Å². The molecule has 2 nitrogen and oxygen atoms in total. The van der Waals surface area contributed by atoms with Crippen molar-refractivity contribution in [3.05, 3.63) is 28.8 Å². The zero-order chi connectivity index (χ0) is 10.7. The van der Waals surface area contributed by atoms with Crippen LogP contribution in [0.5, 0.6) is 0 Å². The molecule has 1 N–H and O–H groups in total. The van der Waals surface area contributed by atoms with Crippen LogP contribution in [0.1, 0.15) is 12.0 Å². The van der Waals surface area contributed by atoms with Crippen LogP contribution in [0.4, 0.5) is 5.69 Å². The van der Waals surface area contributed by atoms with Gasteiger partial charge in [0, 0.05) is 30.3 Å². The number of hydrogen-bond donors (Lipinski definition) is 1. The first-order valence-electron chi connectivity index (χ1n) is 5.50. The van der Waals surface area contributed by atoms with Crippen molar-refractivity contribution in [2.24, 2.45) is 0 Å². The van der Waals surface area contributed by atoms with Crippen LogP contribution in [-0.4, -0.2) is 26.2 Å². The van der Waals surface area contributed by atoms with Gasteiger partial charge in [0.05, 0.1) is 0 Å². The van der Waals surface area contributed by atoms with Gasteiger partial charge >= 0.3 is 0 Å². The van der Waals surface area contributed by atoms with Gasteiger partial charge in [-0.3, -0.25) is 0 Å². The van der Waals surface area contributed by atoms with Gasteiger partial charge < -0.3 is 10.2 Å². The molecule has 0 aromatic heterocycles. The van der Waals surface area contributed by atoms with E-state index in [1.54, 1.807) is 0 Å². The van der Waals surface area contributed by atoms with Crippen LogP contribution >= 0.6 is 11.6 Å². The van der Waals surface area contributed by atoms with E-state index in [0.717, 1.165) is 31.2 Å². The molecule has 0 saturated carbocycles. The molecule has 1 aliphatic rings. The highest BCUT2D eigenvalue weighted by atomic mass is 35.5. The van der Waals surface area contributed by atoms with Crippen LogP contribution < -0.4 is 10.2 Å². The first-order chi connectivity index (χ1) is 7.29. The quantitative estimate of drug-likeness (QED) is 0.789. The number of benzene rings is 1. The molecule has 82 valence electrons. The number of nitrogens with zero attached hydrogens (tertiary/aromatic N) is 1. The molecule has 0 spiro atoms. The van der Waals surface area contributed by atoms with E-state index in [1.807, 2.05) is 12.1 Å². The second-order valence-corrected chi connectivity index (χ2v) is 4.38. The van der Waals surface area contributed by atoms with Crippen molar-refractivity contribution in [3.8, 4) is 0 Å². The normalized spacial score (nSPS) is 17.6. The summed E-state index contributed by atoms with van der Waals surface area (Å²) in [7, 11) is 0. The molecule has 1 aromatic rings. The Balaban J connectivity index is 2.23. The van der Waals surface area contributed by atoms with Crippen LogP contribution in [0, 0.1) is 6.92 Å². The minimum absolute atomic E-state index is 0.865. The monoisotopic (exact) mass is 224 g/mol. The minimum atomic E-state index is 0.865. The summed E-state index contributed by atoms with van der Waals surface area (Å²) in [6.45, 7) is 6.47. The van der Waals surface area contributed by atoms with Gasteiger partial charge in [-0.2, -0.15) is 0 Å². The summed E-state index contributed by atoms with van der Waals surface area (Å²) in [5, 5.41) is 4.27. The summed E-state index contributed by atoms with van der Waals surface area (Å²) < 4.78 is 0. The zero-order valence-electron chi connectivity index (χ0n) is 9.09. The number of rotatable bonds is 1. The zero-order valence-corrected chi connectivity index (χ0v) is 9.85. The van der Waals surface area contributed by atoms with Crippen molar-refractivity contribution >= 4 is 17.3 Å². The molecule has 0 atom stereocenters. The van der Waals surface area contributed by atoms with Crippen molar-refractivity contribution in [2.45, 2.75) is 13.3 Å². The van der Waals surface area contributed by atoms with Gasteiger partial charge in [-0.15, -0.1) is 0 Å². The fraction of sp³-hybridized carbons (Fsp3) is 0.500. The molecule has 0 bridgehead atoms. The first-order valence-corrected chi connectivity index (χ1v) is 5.87. The molecule has 1 heterocycles. The number of nitrogens with one attached hydrogen (secondary N) is 1. The van der Waals surface area contributed by atoms with Crippen molar-refractivity contribution in [1.82, 2.24) is 5.32 Å². The summed E-state index contributed by atoms with van der Waals surface area (Å²) in [4.78, 5) is 2.42. The van der Waals surface area contributed by atoms with Crippen LogP contribution in [-0.2, 0) is 0 Å². The van der Waals surface area contributed by atoms with Gasteiger partial charge in [-0.05, 0) is 37.6 Å². The largest absolute Gasteiger partial charge is 0.370 e. The summed E-state index contributed by atoms with van der Waals surface area (Å²) in [5.41, 5.74) is 2.48. The fourth-order valence-corrected chi connectivity index (χ4v) is 2.19. The Hall–Kier alpha value is -0.730. The average Bonchev–Trinajstić information content (AvgIpc) is 2.50. The predicted octanol–water partition coefficient (Wildman–Crippen LogP) is 2.45. The van der Waals surface area contributed by atoms with Crippen LogP contribution in [0.3, 0.4) is 0 Å². The van der Waals surface area contributed by atoms with Gasteiger partial charge in [-0.25, -0.2) is 0 Å². The fourth-order valence-electron chi connectivity index (χ4n) is 2.03. The smallest absolute Gasteiger partial charge is 0.0455 e. The molecule has 0 radical (unpaired) electrons. The SMILES string of the molecule is Cc1c(Cl)cccc1N1CCCNCC1. The third-order valence-electron chi connectivity index (χ3n) is 2.92. The van der Waals surface area contributed by atoms with Crippen LogP contribution in [0.2, 0.25) is 5.02 Å². The maximum Gasteiger partial charge on any atom is 0.0455 e. The first kappa shape index (κ1) is 10.8. The summed E-state index contributed by atoms with van der Waals surface area (Å²) in [6.07, 6.45) is 1.20. The van der Waals surface area contributed by atoms with Crippen LogP contribution in [0.15, 0.2) is 18.2 Å². The lowest BCUT2D eigenvalue weighted by molar-refractivity contribution is 0.724. The molecular weight excluding hydrogens is 208 g/mol. The van der Waals surface area contributed by atoms with E-state index in [0.29, 0.717) is 0 Å². The molecule has 1 aliphatic heterocycles. The maximum atomic E-state index is 6.13. The highest BCUT2D eigenvalue weighted by Gasteiger charge is 2.12. The lowest BCUT2D eigenvalue weighted by Gasteiger charge is -2.24. The third-order valence-corrected chi connectivity index (χ3v) is 3.33. The van der Waals surface area contributed by atoms with Crippen molar-refractivity contribution in [3.63, 3.8) is 0 Å². The molecule has 2 rings (SSSR count). The molecule has 3 heteroatoms. The predicted molar refractivity (Wildman–Crippen MR) is 65.9 cm³/mol. The summed E-state index contributed by atoms with van der Waals surface area (Å²) in [5.74, 6) is 0. The van der Waals surface area contributed by atoms with Crippen molar-refractivity contribution < 1.29 is 0 Å². The molecule has 15 heavy (non-hydrogen) atoms. The van der Waals surface area contributed by atoms with Gasteiger partial charge in [0.1, 0.15) is 0 Å². The second kappa shape index (κ2) is 4.86. The molecule has 1 aromatic carbocycles. The number of hydrogen-bond acceptors (Lipinski definition) is 2. The van der Waals surface area contributed by atoms with E-state index < -0.39 is 0 Å². The summed E-state index contributed by atoms with van der Waals surface area (Å²) >= 11 is 6.13. The third kappa shape index (κ3) is 2.44. The Morgan fingerprint density at radius 1 is 1.27 bits per heavy atom. The second-order valence-electron chi connectivity index (χ2n) is 3.97. The van der Waals surface area contributed by atoms with Gasteiger partial charge in [0.25, 0.3) is 0 Å². The Morgan fingerprint density at radius 3 is 3.00 bits per heavy atom. The number of anilines is 1. The lowest BCUT2D eigenvalue weighted by Crippen LogP contribution is -2.28. The molecule has 0 amide bonds. The standard InChI is InChI=1S/C12H17ClN2/c1-10-11(13)4-2-5-12(10)15-8-3-6-14-7-9-15/h2,4-5,14H,3,6-9H2,1H3. The van der Waals surface area contributed by atoms with E-state index in [-0.39, 0.29) is 0 Å². The molecule has 1 saturated heterocycles. The van der Waals surface area contributed by atoms with Gasteiger partial charge in [0.2, 0.25) is 0 Å². The molecule has 0 aliphatic carbocycles. The minimum Gasteiger partial charge on any atom is -0.370 e. The topological polar surface area (TPSA) is 15.3 Å². The van der Waals surface area contributed by atoms with E-state index in [2.05, 4.69) is 23.2 Å². The Morgan fingerprint density at radius 2 is 2.13 bits per heavy atom. The lowest BCUT2D eigenvalue weighted by atomic mass is 10.1. The molecule has 1 fully saturated rings. The maximum absolute atomic E-state index is 6.13. The van der Waals surface area contributed by atoms with Crippen molar-refractivity contribution in [1.29, 1.82) is 0 Å². The Labute approximate surface area is 96.2 Å². The van der Waals surface area contributed by atoms with E-state index in [4.69, 9.17) is 11.6 Å². The molecule has 0 unspecified atom stereocenters. The average molecular weight is 225 g/mol. The highest BCUT2D eigenvalue weighted by molar-refractivity contribution is 6.31. The van der Waals surface area contributed by atoms with Gasteiger partial charge in [0.15, 0.2) is 0 Å². The molecular formula is C12H17ClN2. The highest BCUT2D eigenvalue weighted by Crippen LogP contribution is 2.26. The van der Waals surface area contributed by atoms with Crippen molar-refractivity contribution in [2.75, 3.05) is 31.1 Å². The Bertz CT molecular complexity index is 330.